The van der Waals surface area contributed by atoms with Gasteiger partial charge < -0.3 is 41.9 Å². The van der Waals surface area contributed by atoms with Crippen molar-refractivity contribution >= 4 is 53.1 Å². The van der Waals surface area contributed by atoms with Crippen LogP contribution < -0.4 is 22.1 Å². The third kappa shape index (κ3) is 7.28. The van der Waals surface area contributed by atoms with E-state index in [9.17, 15) is 9.59 Å². The molecule has 4 heterocycles. The molecule has 6 aromatic rings. The van der Waals surface area contributed by atoms with Crippen molar-refractivity contribution in [3.8, 4) is 23.8 Å². The molecule has 4 aromatic carbocycles. The van der Waals surface area contributed by atoms with Gasteiger partial charge in [0, 0.05) is 91.0 Å². The molecule has 2 aliphatic heterocycles. The summed E-state index contributed by atoms with van der Waals surface area (Å²) < 4.78 is 0. The minimum atomic E-state index is -1.54. The minimum Gasteiger partial charge on any atom is -0.398 e. The van der Waals surface area contributed by atoms with Gasteiger partial charge in [0.05, 0.1) is 12.1 Å². The molecule has 284 valence electrons. The second-order valence-corrected chi connectivity index (χ2v) is 20.9. The quantitative estimate of drug-likeness (QED) is 0.0649. The van der Waals surface area contributed by atoms with Gasteiger partial charge >= 0.3 is 0 Å². The molecular weight excluding hydrogens is 713 g/mol. The van der Waals surface area contributed by atoms with Gasteiger partial charge in [0.25, 0.3) is 11.8 Å². The fourth-order valence-electron chi connectivity index (χ4n) is 7.64. The zero-order valence-electron chi connectivity index (χ0n) is 32.9. The van der Waals surface area contributed by atoms with Crippen LogP contribution in [0.2, 0.25) is 19.6 Å². The number of aromatic nitrogens is 2. The van der Waals surface area contributed by atoms with Gasteiger partial charge in [0.2, 0.25) is 0 Å². The van der Waals surface area contributed by atoms with Gasteiger partial charge in [-0.1, -0.05) is 67.9 Å². The Bertz CT molecular complexity index is 2640. The van der Waals surface area contributed by atoms with E-state index in [2.05, 4.69) is 85.6 Å². The summed E-state index contributed by atoms with van der Waals surface area (Å²) in [4.78, 5) is 36.7. The molecule has 11 heteroatoms. The number of H-pyrrole nitrogens is 2. The number of nitrogens with two attached hydrogens (primary N) is 2. The Hall–Kier alpha value is -6.24. The fourth-order valence-corrected chi connectivity index (χ4v) is 8.15. The molecule has 10 nitrogen and oxygen atoms in total. The molecule has 0 saturated carbocycles. The molecule has 2 unspecified atom stereocenters. The molecule has 0 fully saturated rings. The molecule has 2 amide bonds. The van der Waals surface area contributed by atoms with Crippen LogP contribution in [0.1, 0.15) is 77.6 Å². The van der Waals surface area contributed by atoms with E-state index in [1.807, 2.05) is 76.7 Å². The van der Waals surface area contributed by atoms with Gasteiger partial charge in [-0.25, -0.2) is 0 Å². The van der Waals surface area contributed by atoms with Crippen molar-refractivity contribution in [1.82, 2.24) is 30.4 Å². The third-order valence-electron chi connectivity index (χ3n) is 10.0. The molecule has 0 radical (unpaired) electrons. The van der Waals surface area contributed by atoms with Gasteiger partial charge in [0.1, 0.15) is 8.07 Å². The zero-order chi connectivity index (χ0) is 40.1. The number of para-hydroxylation sites is 2. The normalized spacial score (nSPS) is 15.9. The van der Waals surface area contributed by atoms with Gasteiger partial charge in [-0.3, -0.25) is 9.59 Å². The van der Waals surface area contributed by atoms with Gasteiger partial charge in [-0.2, -0.15) is 0 Å². The average molecular weight is 761 g/mol. The highest BCUT2D eigenvalue weighted by Crippen LogP contribution is 2.40. The van der Waals surface area contributed by atoms with Crippen molar-refractivity contribution in [2.75, 3.05) is 39.7 Å². The minimum absolute atomic E-state index is 0.0767. The number of terminal acetylenes is 1. The highest BCUT2D eigenvalue weighted by atomic mass is 28.3. The second kappa shape index (κ2) is 14.8. The lowest BCUT2D eigenvalue weighted by Crippen LogP contribution is -2.22. The maximum absolute atomic E-state index is 12.9. The predicted molar refractivity (Wildman–Crippen MR) is 230 cm³/mol. The smallest absolute Gasteiger partial charge is 0.252 e. The lowest BCUT2D eigenvalue weighted by atomic mass is 9.94. The van der Waals surface area contributed by atoms with Crippen molar-refractivity contribution < 1.29 is 9.59 Å². The number of nitrogens with zero attached hydrogens (tertiary/aromatic N) is 2. The molecule has 0 spiro atoms. The summed E-state index contributed by atoms with van der Waals surface area (Å²) in [5.41, 5.74) is 27.8. The topological polar surface area (TPSA) is 148 Å². The number of benzene rings is 4. The Morgan fingerprint density at radius 2 is 1.11 bits per heavy atom. The van der Waals surface area contributed by atoms with Crippen LogP contribution in [-0.2, 0) is 13.1 Å². The van der Waals surface area contributed by atoms with Crippen LogP contribution in [0.3, 0.4) is 0 Å². The van der Waals surface area contributed by atoms with Crippen LogP contribution in [0.15, 0.2) is 72.8 Å². The molecule has 2 atom stereocenters. The Morgan fingerprint density at radius 3 is 1.54 bits per heavy atom. The standard InChI is InChI=1S/C24H28N4OSi.C21H20N4O/c1-28(2)14-21-22(16-8-6-7-9-20(16)26-21)23-17-13-19(25)15(10-11-30(3,4)5)12-18(17)24(29)27-23;1-4-12-9-15-14(10-16(12)22)20(24-21(15)26)19-13-7-5-6-8-17(13)23-18(19)11-25(2)3/h6-9,12-13,23,26H,14,25H2,1-5H3,(H,27,29);1,5-10,20,23H,11,22H2,2-3H3,(H,24,26). The van der Waals surface area contributed by atoms with E-state index in [0.29, 0.717) is 28.1 Å². The van der Waals surface area contributed by atoms with E-state index < -0.39 is 8.07 Å². The molecule has 56 heavy (non-hydrogen) atoms. The summed E-state index contributed by atoms with van der Waals surface area (Å²) >= 11 is 0. The lowest BCUT2D eigenvalue weighted by molar-refractivity contribution is 0.0952. The highest BCUT2D eigenvalue weighted by Gasteiger charge is 2.35. The van der Waals surface area contributed by atoms with E-state index in [0.717, 1.165) is 74.1 Å². The first kappa shape index (κ1) is 38.0. The Kier molecular flexibility index (Phi) is 10.0. The fraction of sp³-hybridized carbons (Fsp3) is 0.244. The number of nitrogen functional groups attached to an aromatic ring is 2. The summed E-state index contributed by atoms with van der Waals surface area (Å²) in [6.45, 7) is 8.06. The summed E-state index contributed by atoms with van der Waals surface area (Å²) in [6, 6.07) is 23.2. The Labute approximate surface area is 329 Å². The number of rotatable bonds is 6. The monoisotopic (exact) mass is 760 g/mol. The van der Waals surface area contributed by atoms with E-state index >= 15 is 0 Å². The third-order valence-corrected chi connectivity index (χ3v) is 10.9. The van der Waals surface area contributed by atoms with E-state index in [1.54, 1.807) is 6.07 Å². The number of carbonyl (C=O) groups is 2. The first-order valence-electron chi connectivity index (χ1n) is 18.6. The predicted octanol–water partition coefficient (Wildman–Crippen LogP) is 6.50. The Morgan fingerprint density at radius 1 is 0.679 bits per heavy atom. The largest absolute Gasteiger partial charge is 0.398 e. The summed E-state index contributed by atoms with van der Waals surface area (Å²) in [6.07, 6.45) is 5.50. The molecular formula is C45H48N8O2Si. The van der Waals surface area contributed by atoms with E-state index in [-0.39, 0.29) is 23.9 Å². The van der Waals surface area contributed by atoms with Crippen molar-refractivity contribution in [1.29, 1.82) is 0 Å². The number of hydrogen-bond donors (Lipinski definition) is 6. The van der Waals surface area contributed by atoms with Crippen molar-refractivity contribution in [2.45, 2.75) is 44.8 Å². The van der Waals surface area contributed by atoms with Gasteiger partial charge in [0.15, 0.2) is 0 Å². The molecule has 8 rings (SSSR count). The van der Waals surface area contributed by atoms with Crippen LogP contribution in [0.4, 0.5) is 11.4 Å². The van der Waals surface area contributed by atoms with E-state index in [4.69, 9.17) is 17.9 Å². The lowest BCUT2D eigenvalue weighted by Gasteiger charge is -2.17. The number of hydrogen-bond acceptors (Lipinski definition) is 6. The summed E-state index contributed by atoms with van der Waals surface area (Å²) in [7, 11) is 6.58. The molecule has 2 aliphatic rings. The van der Waals surface area contributed by atoms with Gasteiger partial charge in [-0.05, 0) is 75.7 Å². The first-order chi connectivity index (χ1) is 26.6. The average Bonchev–Trinajstić information content (AvgIpc) is 3.85. The molecule has 0 saturated heterocycles. The van der Waals surface area contributed by atoms with Crippen LogP contribution in [0.25, 0.3) is 21.8 Å². The van der Waals surface area contributed by atoms with Crippen molar-refractivity contribution in [3.05, 3.63) is 129 Å². The SMILES string of the molecule is C#Cc1cc2c(cc1N)C(c1c(CN(C)C)[nH]c3ccccc13)NC2=O.CN(C)Cc1[nH]c2ccccc2c1C1NC(=O)c2cc(C#C[Si](C)(C)C)c(N)cc21. The number of amides is 2. The van der Waals surface area contributed by atoms with Crippen molar-refractivity contribution in [3.63, 3.8) is 0 Å². The number of nitrogens with one attached hydrogen (secondary N) is 4. The number of carbonyl (C=O) groups excluding carboxylic acids is 2. The second-order valence-electron chi connectivity index (χ2n) is 16.1. The Balaban J connectivity index is 0.000000173. The molecule has 2 aromatic heterocycles. The molecule has 0 bridgehead atoms. The highest BCUT2D eigenvalue weighted by molar-refractivity contribution is 6.83. The summed E-state index contributed by atoms with van der Waals surface area (Å²) in [5, 5.41) is 8.50. The van der Waals surface area contributed by atoms with E-state index in [1.165, 1.54) is 0 Å². The first-order valence-corrected chi connectivity index (χ1v) is 22.1. The van der Waals surface area contributed by atoms with Crippen LogP contribution in [0, 0.1) is 23.8 Å². The van der Waals surface area contributed by atoms with Gasteiger partial charge in [-0.15, -0.1) is 12.0 Å². The number of anilines is 2. The van der Waals surface area contributed by atoms with Crippen molar-refractivity contribution in [2.24, 2.45) is 0 Å². The number of aromatic amines is 2. The molecule has 8 N–H and O–H groups in total. The number of fused-ring (bicyclic) bond motifs is 4. The zero-order valence-corrected chi connectivity index (χ0v) is 33.9. The summed E-state index contributed by atoms with van der Waals surface area (Å²) in [5.74, 6) is 5.56. The van der Waals surface area contributed by atoms with Crippen LogP contribution in [-0.4, -0.2) is 67.8 Å². The maximum atomic E-state index is 12.9. The maximum Gasteiger partial charge on any atom is 0.252 e. The van der Waals surface area contributed by atoms with Crippen LogP contribution in [0.5, 0.6) is 0 Å². The van der Waals surface area contributed by atoms with Crippen LogP contribution >= 0.6 is 0 Å². The molecule has 0 aliphatic carbocycles.